The number of hydrogen-bond acceptors (Lipinski definition) is 4. The summed E-state index contributed by atoms with van der Waals surface area (Å²) in [5.74, 6) is 0.726. The number of rotatable bonds is 4. The maximum absolute atomic E-state index is 4.20. The molecule has 0 saturated heterocycles. The first kappa shape index (κ1) is 11.2. The van der Waals surface area contributed by atoms with Gasteiger partial charge < -0.3 is 5.32 Å². The molecule has 0 saturated carbocycles. The zero-order chi connectivity index (χ0) is 11.3. The van der Waals surface area contributed by atoms with E-state index in [9.17, 15) is 0 Å². The Morgan fingerprint density at radius 2 is 2.13 bits per heavy atom. The second-order valence-corrected chi connectivity index (χ2v) is 3.33. The molecule has 4 heteroatoms. The minimum Gasteiger partial charge on any atom is -0.388 e. The van der Waals surface area contributed by atoms with E-state index in [4.69, 9.17) is 0 Å². The number of hydrogen-bond donors (Lipinski definition) is 2. The van der Waals surface area contributed by atoms with Crippen molar-refractivity contribution in [2.75, 3.05) is 12.5 Å². The predicted octanol–water partition coefficient (Wildman–Crippen LogP) is 2.08. The van der Waals surface area contributed by atoms with Gasteiger partial charge >= 0.3 is 0 Å². The standard InChI is InChI=1S/C11H16N4/c1-8(2)14-15-11-6-5-10(7-13-11)9(3)12-4/h5-7,12H,3H2,1-2,4H3,(H,13,15). The van der Waals surface area contributed by atoms with Crippen LogP contribution in [-0.2, 0) is 0 Å². The summed E-state index contributed by atoms with van der Waals surface area (Å²) in [4.78, 5) is 4.20. The smallest absolute Gasteiger partial charge is 0.146 e. The van der Waals surface area contributed by atoms with E-state index < -0.39 is 0 Å². The molecule has 0 fully saturated rings. The number of pyridine rings is 1. The molecule has 0 aromatic carbocycles. The maximum atomic E-state index is 4.20. The lowest BCUT2D eigenvalue weighted by Gasteiger charge is -2.05. The summed E-state index contributed by atoms with van der Waals surface area (Å²) in [5, 5.41) is 7.02. The molecular weight excluding hydrogens is 188 g/mol. The highest BCUT2D eigenvalue weighted by Gasteiger charge is 1.97. The van der Waals surface area contributed by atoms with Gasteiger partial charge in [0.05, 0.1) is 0 Å². The molecule has 0 spiro atoms. The predicted molar refractivity (Wildman–Crippen MR) is 64.7 cm³/mol. The summed E-state index contributed by atoms with van der Waals surface area (Å²) in [6, 6.07) is 3.80. The fraction of sp³-hybridized carbons (Fsp3) is 0.273. The van der Waals surface area contributed by atoms with Crippen molar-refractivity contribution in [2.24, 2.45) is 5.10 Å². The van der Waals surface area contributed by atoms with Crippen molar-refractivity contribution in [1.82, 2.24) is 10.3 Å². The third-order valence-electron chi connectivity index (χ3n) is 1.81. The molecule has 15 heavy (non-hydrogen) atoms. The van der Waals surface area contributed by atoms with E-state index >= 15 is 0 Å². The molecular formula is C11H16N4. The van der Waals surface area contributed by atoms with Crippen molar-refractivity contribution < 1.29 is 0 Å². The van der Waals surface area contributed by atoms with Crippen molar-refractivity contribution in [1.29, 1.82) is 0 Å². The SMILES string of the molecule is C=C(NC)c1ccc(NN=C(C)C)nc1. The Morgan fingerprint density at radius 1 is 1.40 bits per heavy atom. The highest BCUT2D eigenvalue weighted by Crippen LogP contribution is 2.10. The van der Waals surface area contributed by atoms with Crippen LogP contribution < -0.4 is 10.7 Å². The quantitative estimate of drug-likeness (QED) is 0.583. The summed E-state index contributed by atoms with van der Waals surface area (Å²) < 4.78 is 0. The van der Waals surface area contributed by atoms with Gasteiger partial charge in [-0.15, -0.1) is 0 Å². The molecule has 80 valence electrons. The van der Waals surface area contributed by atoms with Gasteiger partial charge in [0.1, 0.15) is 5.82 Å². The number of aromatic nitrogens is 1. The van der Waals surface area contributed by atoms with E-state index in [1.54, 1.807) is 6.20 Å². The summed E-state index contributed by atoms with van der Waals surface area (Å²) in [6.45, 7) is 7.69. The van der Waals surface area contributed by atoms with Crippen LogP contribution in [0.1, 0.15) is 19.4 Å². The maximum Gasteiger partial charge on any atom is 0.146 e. The minimum absolute atomic E-state index is 0.726. The molecule has 1 rings (SSSR count). The van der Waals surface area contributed by atoms with Gasteiger partial charge in [0.15, 0.2) is 0 Å². The lowest BCUT2D eigenvalue weighted by molar-refractivity contribution is 1.12. The minimum atomic E-state index is 0.726. The Hall–Kier alpha value is -1.84. The highest BCUT2D eigenvalue weighted by atomic mass is 15.3. The van der Waals surface area contributed by atoms with Crippen molar-refractivity contribution >= 4 is 17.2 Å². The van der Waals surface area contributed by atoms with Gasteiger partial charge in [-0.1, -0.05) is 6.58 Å². The average Bonchev–Trinajstić information content (AvgIpc) is 2.26. The van der Waals surface area contributed by atoms with Crippen LogP contribution in [0.4, 0.5) is 5.82 Å². The van der Waals surface area contributed by atoms with Crippen LogP contribution >= 0.6 is 0 Å². The van der Waals surface area contributed by atoms with Gasteiger partial charge in [0.25, 0.3) is 0 Å². The zero-order valence-electron chi connectivity index (χ0n) is 9.33. The summed E-state index contributed by atoms with van der Waals surface area (Å²) in [7, 11) is 1.83. The Kier molecular flexibility index (Phi) is 3.85. The molecule has 1 heterocycles. The van der Waals surface area contributed by atoms with Gasteiger partial charge in [0, 0.05) is 30.2 Å². The summed E-state index contributed by atoms with van der Waals surface area (Å²) in [5.41, 5.74) is 5.64. The van der Waals surface area contributed by atoms with E-state index in [1.807, 2.05) is 33.0 Å². The van der Waals surface area contributed by atoms with Gasteiger partial charge in [0.2, 0.25) is 0 Å². The van der Waals surface area contributed by atoms with Crippen LogP contribution in [0.15, 0.2) is 30.0 Å². The summed E-state index contributed by atoms with van der Waals surface area (Å²) >= 11 is 0. The lowest BCUT2D eigenvalue weighted by atomic mass is 10.2. The first-order chi connectivity index (χ1) is 7.13. The van der Waals surface area contributed by atoms with Crippen molar-refractivity contribution in [3.05, 3.63) is 30.5 Å². The monoisotopic (exact) mass is 204 g/mol. The molecule has 0 atom stereocenters. The molecule has 0 amide bonds. The van der Waals surface area contributed by atoms with Crippen molar-refractivity contribution in [3.8, 4) is 0 Å². The fourth-order valence-electron chi connectivity index (χ4n) is 0.952. The van der Waals surface area contributed by atoms with E-state index in [0.717, 1.165) is 22.8 Å². The Morgan fingerprint density at radius 3 is 2.60 bits per heavy atom. The van der Waals surface area contributed by atoms with E-state index in [1.165, 1.54) is 0 Å². The molecule has 0 bridgehead atoms. The molecule has 0 aliphatic carbocycles. The topological polar surface area (TPSA) is 49.3 Å². The van der Waals surface area contributed by atoms with Gasteiger partial charge in [-0.3, -0.25) is 5.43 Å². The van der Waals surface area contributed by atoms with Crippen LogP contribution in [-0.4, -0.2) is 17.7 Å². The normalized spacial score (nSPS) is 9.27. The number of anilines is 1. The van der Waals surface area contributed by atoms with Crippen LogP contribution in [0.25, 0.3) is 5.70 Å². The number of nitrogens with zero attached hydrogens (tertiary/aromatic N) is 2. The first-order valence-electron chi connectivity index (χ1n) is 4.73. The Labute approximate surface area is 90.1 Å². The van der Waals surface area contributed by atoms with Gasteiger partial charge in [-0.25, -0.2) is 4.98 Å². The van der Waals surface area contributed by atoms with E-state index in [2.05, 4.69) is 27.4 Å². The largest absolute Gasteiger partial charge is 0.388 e. The zero-order valence-corrected chi connectivity index (χ0v) is 9.33. The number of nitrogens with one attached hydrogen (secondary N) is 2. The van der Waals surface area contributed by atoms with Crippen molar-refractivity contribution in [3.63, 3.8) is 0 Å². The molecule has 0 aliphatic rings. The van der Waals surface area contributed by atoms with Crippen LogP contribution in [0.3, 0.4) is 0 Å². The van der Waals surface area contributed by atoms with Gasteiger partial charge in [-0.05, 0) is 26.0 Å². The Balaban J connectivity index is 2.72. The average molecular weight is 204 g/mol. The highest BCUT2D eigenvalue weighted by molar-refractivity contribution is 5.79. The molecule has 1 aromatic heterocycles. The van der Waals surface area contributed by atoms with Crippen LogP contribution in [0.5, 0.6) is 0 Å². The van der Waals surface area contributed by atoms with Gasteiger partial charge in [-0.2, -0.15) is 5.10 Å². The second kappa shape index (κ2) is 5.14. The lowest BCUT2D eigenvalue weighted by Crippen LogP contribution is -2.03. The van der Waals surface area contributed by atoms with E-state index in [0.29, 0.717) is 0 Å². The molecule has 1 aromatic rings. The van der Waals surface area contributed by atoms with Crippen molar-refractivity contribution in [2.45, 2.75) is 13.8 Å². The Bertz CT molecular complexity index is 361. The number of hydrazone groups is 1. The molecule has 0 aliphatic heterocycles. The van der Waals surface area contributed by atoms with Crippen LogP contribution in [0, 0.1) is 0 Å². The second-order valence-electron chi connectivity index (χ2n) is 3.33. The van der Waals surface area contributed by atoms with E-state index in [-0.39, 0.29) is 0 Å². The molecule has 2 N–H and O–H groups in total. The fourth-order valence-corrected chi connectivity index (χ4v) is 0.952. The first-order valence-corrected chi connectivity index (χ1v) is 4.73. The third-order valence-corrected chi connectivity index (χ3v) is 1.81. The molecule has 0 unspecified atom stereocenters. The van der Waals surface area contributed by atoms with Crippen LogP contribution in [0.2, 0.25) is 0 Å². The molecule has 4 nitrogen and oxygen atoms in total. The molecule has 0 radical (unpaired) electrons. The summed E-state index contributed by atoms with van der Waals surface area (Å²) in [6.07, 6.45) is 1.75. The third kappa shape index (κ3) is 3.42.